The van der Waals surface area contributed by atoms with Crippen LogP contribution in [0, 0.1) is 0 Å². The lowest BCUT2D eigenvalue weighted by atomic mass is 10.0. The van der Waals surface area contributed by atoms with Gasteiger partial charge in [-0.1, -0.05) is 24.8 Å². The molecule has 22 heavy (non-hydrogen) atoms. The molecule has 0 spiro atoms. The molecule has 1 atom stereocenters. The maximum Gasteiger partial charge on any atom is 0.319 e. The maximum absolute atomic E-state index is 13.1. The van der Waals surface area contributed by atoms with E-state index in [1.54, 1.807) is 12.1 Å². The molecule has 5 nitrogen and oxygen atoms in total. The van der Waals surface area contributed by atoms with Crippen LogP contribution in [0.3, 0.4) is 0 Å². The van der Waals surface area contributed by atoms with Crippen LogP contribution in [0.5, 0.6) is 0 Å². The smallest absolute Gasteiger partial charge is 0.319 e. The summed E-state index contributed by atoms with van der Waals surface area (Å²) in [5.74, 6) is -1.64. The minimum Gasteiger partial charge on any atom is -0.336 e. The summed E-state index contributed by atoms with van der Waals surface area (Å²) in [4.78, 5) is 25.1. The van der Waals surface area contributed by atoms with Crippen molar-refractivity contribution in [2.45, 2.75) is 25.3 Å². The Morgan fingerprint density at radius 1 is 1.27 bits per heavy atom. The minimum atomic E-state index is -0.958. The number of carbonyl (C=O) groups is 2. The van der Waals surface area contributed by atoms with Gasteiger partial charge in [-0.2, -0.15) is 0 Å². The van der Waals surface area contributed by atoms with Crippen molar-refractivity contribution in [1.29, 1.82) is 0 Å². The van der Waals surface area contributed by atoms with E-state index in [-0.39, 0.29) is 18.6 Å². The molecule has 0 bridgehead atoms. The second kappa shape index (κ2) is 7.59. The summed E-state index contributed by atoms with van der Waals surface area (Å²) in [5.41, 5.74) is 0.689. The number of para-hydroxylation sites is 1. The van der Waals surface area contributed by atoms with Gasteiger partial charge in [-0.15, -0.1) is 0 Å². The number of amides is 3. The average molecular weight is 305 g/mol. The van der Waals surface area contributed by atoms with Crippen molar-refractivity contribution >= 4 is 17.6 Å². The number of likely N-dealkylation sites (tertiary alicyclic amines) is 1. The number of nitrogens with one attached hydrogen (secondary N) is 2. The van der Waals surface area contributed by atoms with Gasteiger partial charge in [-0.05, 0) is 31.4 Å². The van der Waals surface area contributed by atoms with E-state index in [0.29, 0.717) is 12.2 Å². The van der Waals surface area contributed by atoms with Gasteiger partial charge >= 0.3 is 6.03 Å². The Balaban J connectivity index is 1.87. The van der Waals surface area contributed by atoms with E-state index in [4.69, 9.17) is 0 Å². The standard InChI is InChI=1S/C16H20FN3O2/c1-12(17)15(21)20-10-6-5-9-14(20)11-18-16(22)19-13-7-3-2-4-8-13/h2-4,7-8,14H,1,5-6,9-11H2,(H2,18,19,22). The first-order valence-electron chi connectivity index (χ1n) is 7.33. The Morgan fingerprint density at radius 2 is 2.00 bits per heavy atom. The molecule has 2 N–H and O–H groups in total. The van der Waals surface area contributed by atoms with Gasteiger partial charge in [0.1, 0.15) is 0 Å². The van der Waals surface area contributed by atoms with Crippen molar-refractivity contribution in [2.24, 2.45) is 0 Å². The molecule has 0 aromatic heterocycles. The molecule has 1 aliphatic heterocycles. The van der Waals surface area contributed by atoms with E-state index in [0.717, 1.165) is 19.3 Å². The van der Waals surface area contributed by atoms with Crippen LogP contribution >= 0.6 is 0 Å². The summed E-state index contributed by atoms with van der Waals surface area (Å²) in [6.07, 6.45) is 2.53. The van der Waals surface area contributed by atoms with Crippen LogP contribution in [0.1, 0.15) is 19.3 Å². The third kappa shape index (κ3) is 4.31. The number of carbonyl (C=O) groups excluding carboxylic acids is 2. The fraction of sp³-hybridized carbons (Fsp3) is 0.375. The molecule has 0 saturated carbocycles. The molecule has 3 amide bonds. The quantitative estimate of drug-likeness (QED) is 0.840. The van der Waals surface area contributed by atoms with Crippen molar-refractivity contribution in [3.63, 3.8) is 0 Å². The lowest BCUT2D eigenvalue weighted by Crippen LogP contribution is -2.50. The minimum absolute atomic E-state index is 0.199. The van der Waals surface area contributed by atoms with Crippen molar-refractivity contribution in [2.75, 3.05) is 18.4 Å². The second-order valence-corrected chi connectivity index (χ2v) is 5.25. The highest BCUT2D eigenvalue weighted by Gasteiger charge is 2.28. The number of nitrogens with zero attached hydrogens (tertiary/aromatic N) is 1. The fourth-order valence-corrected chi connectivity index (χ4v) is 2.54. The molecule has 1 aromatic carbocycles. The summed E-state index contributed by atoms with van der Waals surface area (Å²) in [7, 11) is 0. The van der Waals surface area contributed by atoms with Gasteiger partial charge in [0.25, 0.3) is 5.91 Å². The molecule has 1 fully saturated rings. The third-order valence-electron chi connectivity index (χ3n) is 3.65. The summed E-state index contributed by atoms with van der Waals surface area (Å²) in [5, 5.41) is 5.43. The molecule has 0 radical (unpaired) electrons. The highest BCUT2D eigenvalue weighted by atomic mass is 19.1. The molecular weight excluding hydrogens is 285 g/mol. The van der Waals surface area contributed by atoms with Gasteiger partial charge in [0, 0.05) is 24.8 Å². The number of hydrogen-bond acceptors (Lipinski definition) is 2. The van der Waals surface area contributed by atoms with E-state index in [1.165, 1.54) is 4.90 Å². The van der Waals surface area contributed by atoms with Gasteiger partial charge in [0.2, 0.25) is 0 Å². The largest absolute Gasteiger partial charge is 0.336 e. The normalized spacial score (nSPS) is 17.7. The average Bonchev–Trinajstić information content (AvgIpc) is 2.53. The third-order valence-corrected chi connectivity index (χ3v) is 3.65. The topological polar surface area (TPSA) is 61.4 Å². The Bertz CT molecular complexity index is 548. The summed E-state index contributed by atoms with van der Waals surface area (Å²) < 4.78 is 13.1. The number of anilines is 1. The molecule has 1 aromatic rings. The predicted octanol–water partition coefficient (Wildman–Crippen LogP) is 2.67. The summed E-state index contributed by atoms with van der Waals surface area (Å²) in [6.45, 7) is 3.84. The van der Waals surface area contributed by atoms with Gasteiger partial charge < -0.3 is 15.5 Å². The fourth-order valence-electron chi connectivity index (χ4n) is 2.54. The van der Waals surface area contributed by atoms with E-state index in [9.17, 15) is 14.0 Å². The van der Waals surface area contributed by atoms with Crippen molar-refractivity contribution in [3.8, 4) is 0 Å². The van der Waals surface area contributed by atoms with Crippen LogP contribution in [0.25, 0.3) is 0 Å². The summed E-state index contributed by atoms with van der Waals surface area (Å²) in [6, 6.07) is 8.53. The Morgan fingerprint density at radius 3 is 2.68 bits per heavy atom. The number of benzene rings is 1. The predicted molar refractivity (Wildman–Crippen MR) is 83.1 cm³/mol. The molecule has 118 valence electrons. The Hall–Kier alpha value is -2.37. The zero-order valence-corrected chi connectivity index (χ0v) is 12.3. The molecule has 1 heterocycles. The van der Waals surface area contributed by atoms with Gasteiger partial charge in [0.05, 0.1) is 0 Å². The lowest BCUT2D eigenvalue weighted by Gasteiger charge is -2.35. The number of rotatable bonds is 4. The number of halogens is 1. The van der Waals surface area contributed by atoms with Crippen LogP contribution in [-0.4, -0.2) is 36.0 Å². The molecule has 2 rings (SSSR count). The van der Waals surface area contributed by atoms with Crippen molar-refractivity contribution in [1.82, 2.24) is 10.2 Å². The van der Waals surface area contributed by atoms with Crippen LogP contribution in [0.2, 0.25) is 0 Å². The van der Waals surface area contributed by atoms with Gasteiger partial charge in [-0.3, -0.25) is 4.79 Å². The number of hydrogen-bond donors (Lipinski definition) is 2. The highest BCUT2D eigenvalue weighted by Crippen LogP contribution is 2.18. The zero-order valence-electron chi connectivity index (χ0n) is 12.3. The van der Waals surface area contributed by atoms with Crippen molar-refractivity contribution in [3.05, 3.63) is 42.7 Å². The molecule has 0 aliphatic carbocycles. The van der Waals surface area contributed by atoms with E-state index >= 15 is 0 Å². The zero-order chi connectivity index (χ0) is 15.9. The van der Waals surface area contributed by atoms with Gasteiger partial charge in [0.15, 0.2) is 5.83 Å². The van der Waals surface area contributed by atoms with Crippen LogP contribution in [0.4, 0.5) is 14.9 Å². The lowest BCUT2D eigenvalue weighted by molar-refractivity contribution is -0.132. The number of urea groups is 1. The summed E-state index contributed by atoms with van der Waals surface area (Å²) >= 11 is 0. The Kier molecular flexibility index (Phi) is 5.52. The van der Waals surface area contributed by atoms with E-state index in [1.807, 2.05) is 18.2 Å². The molecular formula is C16H20FN3O2. The highest BCUT2D eigenvalue weighted by molar-refractivity contribution is 5.91. The second-order valence-electron chi connectivity index (χ2n) is 5.25. The SMILES string of the molecule is C=C(F)C(=O)N1CCCCC1CNC(=O)Nc1ccccc1. The molecule has 1 aliphatic rings. The van der Waals surface area contributed by atoms with E-state index in [2.05, 4.69) is 17.2 Å². The molecule has 1 saturated heterocycles. The Labute approximate surface area is 129 Å². The van der Waals surface area contributed by atoms with E-state index < -0.39 is 11.7 Å². The monoisotopic (exact) mass is 305 g/mol. The van der Waals surface area contributed by atoms with Crippen molar-refractivity contribution < 1.29 is 14.0 Å². The molecule has 6 heteroatoms. The first kappa shape index (κ1) is 16.0. The van der Waals surface area contributed by atoms with Crippen LogP contribution in [-0.2, 0) is 4.79 Å². The van der Waals surface area contributed by atoms with Gasteiger partial charge in [-0.25, -0.2) is 9.18 Å². The molecule has 1 unspecified atom stereocenters. The maximum atomic E-state index is 13.1. The van der Waals surface area contributed by atoms with Crippen LogP contribution in [0.15, 0.2) is 42.7 Å². The van der Waals surface area contributed by atoms with Crippen LogP contribution < -0.4 is 10.6 Å². The number of piperidine rings is 1. The first-order chi connectivity index (χ1) is 10.6. The first-order valence-corrected chi connectivity index (χ1v) is 7.33.